The smallest absolute Gasteiger partial charge is 0.344 e. The van der Waals surface area contributed by atoms with E-state index >= 15 is 0 Å². The van der Waals surface area contributed by atoms with Gasteiger partial charge in [0.1, 0.15) is 5.56 Å². The van der Waals surface area contributed by atoms with Gasteiger partial charge in [0.25, 0.3) is 0 Å². The molecule has 2 rings (SSSR count). The molecule has 0 saturated heterocycles. The fourth-order valence-electron chi connectivity index (χ4n) is 2.36. The summed E-state index contributed by atoms with van der Waals surface area (Å²) < 4.78 is 34.4. The summed E-state index contributed by atoms with van der Waals surface area (Å²) in [5.74, 6) is -0.710. The number of hydrogen-bond acceptors (Lipinski definition) is 7. The lowest BCUT2D eigenvalue weighted by Crippen LogP contribution is -2.24. The maximum atomic E-state index is 12.3. The Kier molecular flexibility index (Phi) is 6.04. The molecule has 8 nitrogen and oxygen atoms in total. The highest BCUT2D eigenvalue weighted by atomic mass is 32.2. The van der Waals surface area contributed by atoms with Gasteiger partial charge in [-0.05, 0) is 31.2 Å². The van der Waals surface area contributed by atoms with E-state index in [2.05, 4.69) is 5.16 Å². The van der Waals surface area contributed by atoms with Crippen molar-refractivity contribution in [2.24, 2.45) is 0 Å². The number of aromatic nitrogens is 1. The van der Waals surface area contributed by atoms with Gasteiger partial charge in [0, 0.05) is 18.5 Å². The van der Waals surface area contributed by atoms with Crippen LogP contribution in [0.4, 0.5) is 5.69 Å². The zero-order valence-electron chi connectivity index (χ0n) is 15.8. The highest BCUT2D eigenvalue weighted by Gasteiger charge is 2.24. The molecule has 0 fully saturated rings. The van der Waals surface area contributed by atoms with Crippen molar-refractivity contribution in [3.8, 4) is 0 Å². The molecule has 0 amide bonds. The van der Waals surface area contributed by atoms with Crippen molar-refractivity contribution in [1.29, 1.82) is 0 Å². The topological polar surface area (TPSA) is 107 Å². The summed E-state index contributed by atoms with van der Waals surface area (Å²) in [6.07, 6.45) is 1.09. The van der Waals surface area contributed by atoms with E-state index < -0.39 is 28.4 Å². The molecule has 0 atom stereocenters. The van der Waals surface area contributed by atoms with E-state index in [1.807, 2.05) is 13.8 Å². The molecule has 1 aromatic carbocycles. The molecule has 1 heterocycles. The van der Waals surface area contributed by atoms with E-state index in [1.54, 1.807) is 6.92 Å². The first-order valence-corrected chi connectivity index (χ1v) is 10.1. The van der Waals surface area contributed by atoms with E-state index in [0.717, 1.165) is 10.6 Å². The number of hydrogen-bond donors (Lipinski definition) is 0. The van der Waals surface area contributed by atoms with E-state index in [0.29, 0.717) is 22.7 Å². The number of aryl methyl sites for hydroxylation is 1. The molecular formula is C18H22N2O6S. The molecule has 0 spiro atoms. The Labute approximate surface area is 158 Å². The second-order valence-electron chi connectivity index (χ2n) is 6.44. The van der Waals surface area contributed by atoms with E-state index in [1.165, 1.54) is 31.3 Å². The third-order valence-corrected chi connectivity index (χ3v) is 5.21. The van der Waals surface area contributed by atoms with Gasteiger partial charge in [-0.2, -0.15) is 0 Å². The standard InChI is InChI=1S/C18H22N2O6S/c1-11(2)17-16(12(3)19-26-17)18(22)25-10-15(21)13-6-8-14(9-7-13)20(4)27(5,23)24/h6-9,11H,10H2,1-5H3. The van der Waals surface area contributed by atoms with E-state index in [9.17, 15) is 18.0 Å². The Morgan fingerprint density at radius 2 is 1.81 bits per heavy atom. The lowest BCUT2D eigenvalue weighted by Gasteiger charge is -2.16. The summed E-state index contributed by atoms with van der Waals surface area (Å²) in [6.45, 7) is 4.90. The van der Waals surface area contributed by atoms with Crippen molar-refractivity contribution < 1.29 is 27.3 Å². The molecule has 0 N–H and O–H groups in total. The van der Waals surface area contributed by atoms with E-state index in [-0.39, 0.29) is 11.5 Å². The number of rotatable bonds is 7. The van der Waals surface area contributed by atoms with Crippen LogP contribution < -0.4 is 4.31 Å². The predicted octanol–water partition coefficient (Wildman–Crippen LogP) is 2.54. The van der Waals surface area contributed by atoms with Gasteiger partial charge in [-0.25, -0.2) is 13.2 Å². The van der Waals surface area contributed by atoms with Crippen molar-refractivity contribution in [2.75, 3.05) is 24.2 Å². The minimum atomic E-state index is -3.39. The molecule has 146 valence electrons. The van der Waals surface area contributed by atoms with Crippen molar-refractivity contribution in [2.45, 2.75) is 26.7 Å². The lowest BCUT2D eigenvalue weighted by molar-refractivity contribution is 0.0471. The predicted molar refractivity (Wildman–Crippen MR) is 99.6 cm³/mol. The molecule has 2 aromatic rings. The number of anilines is 1. The average Bonchev–Trinajstić information content (AvgIpc) is 3.00. The van der Waals surface area contributed by atoms with Gasteiger partial charge in [-0.15, -0.1) is 0 Å². The largest absolute Gasteiger partial charge is 0.454 e. The van der Waals surface area contributed by atoms with Gasteiger partial charge in [0.05, 0.1) is 17.6 Å². The SMILES string of the molecule is Cc1noc(C(C)C)c1C(=O)OCC(=O)c1ccc(N(C)S(C)(=O)=O)cc1. The molecule has 27 heavy (non-hydrogen) atoms. The van der Waals surface area contributed by atoms with Gasteiger partial charge in [-0.3, -0.25) is 9.10 Å². The summed E-state index contributed by atoms with van der Waals surface area (Å²) in [4.78, 5) is 24.5. The number of nitrogens with zero attached hydrogens (tertiary/aromatic N) is 2. The Balaban J connectivity index is 2.06. The summed E-state index contributed by atoms with van der Waals surface area (Å²) in [6, 6.07) is 5.99. The summed E-state index contributed by atoms with van der Waals surface area (Å²) in [7, 11) is -1.97. The van der Waals surface area contributed by atoms with Crippen LogP contribution >= 0.6 is 0 Å². The van der Waals surface area contributed by atoms with Crippen LogP contribution in [0.2, 0.25) is 0 Å². The number of esters is 1. The van der Waals surface area contributed by atoms with Crippen LogP contribution in [0, 0.1) is 6.92 Å². The quantitative estimate of drug-likeness (QED) is 0.525. The molecule has 0 aliphatic carbocycles. The summed E-state index contributed by atoms with van der Waals surface area (Å²) in [5.41, 5.74) is 1.37. The Morgan fingerprint density at radius 3 is 2.33 bits per heavy atom. The third kappa shape index (κ3) is 4.73. The highest BCUT2D eigenvalue weighted by molar-refractivity contribution is 7.92. The second-order valence-corrected chi connectivity index (χ2v) is 8.45. The Bertz CT molecular complexity index is 945. The van der Waals surface area contributed by atoms with E-state index in [4.69, 9.17) is 9.26 Å². The number of ether oxygens (including phenoxy) is 1. The lowest BCUT2D eigenvalue weighted by atomic mass is 10.1. The zero-order valence-corrected chi connectivity index (χ0v) is 16.7. The number of carbonyl (C=O) groups excluding carboxylic acids is 2. The Morgan fingerprint density at radius 1 is 1.22 bits per heavy atom. The van der Waals surface area contributed by atoms with Gasteiger partial charge in [0.2, 0.25) is 10.0 Å². The summed E-state index contributed by atoms with van der Waals surface area (Å²) >= 11 is 0. The van der Waals surface area contributed by atoms with Crippen LogP contribution in [0.1, 0.15) is 51.9 Å². The first kappa shape index (κ1) is 20.6. The fraction of sp³-hybridized carbons (Fsp3) is 0.389. The third-order valence-electron chi connectivity index (χ3n) is 4.00. The van der Waals surface area contributed by atoms with Crippen LogP contribution in [-0.4, -0.2) is 45.2 Å². The first-order chi connectivity index (χ1) is 12.5. The number of ketones is 1. The van der Waals surface area contributed by atoms with Crippen molar-refractivity contribution in [1.82, 2.24) is 5.16 Å². The van der Waals surface area contributed by atoms with Crippen LogP contribution in [-0.2, 0) is 14.8 Å². The number of benzene rings is 1. The molecule has 0 unspecified atom stereocenters. The maximum Gasteiger partial charge on any atom is 0.344 e. The highest BCUT2D eigenvalue weighted by Crippen LogP contribution is 2.23. The van der Waals surface area contributed by atoms with Crippen LogP contribution in [0.25, 0.3) is 0 Å². The number of Topliss-reactive ketones (excluding diaryl/α,β-unsaturated/α-hetero) is 1. The van der Waals surface area contributed by atoms with Crippen molar-refractivity contribution in [3.05, 3.63) is 46.8 Å². The fourth-order valence-corrected chi connectivity index (χ4v) is 2.87. The average molecular weight is 394 g/mol. The molecule has 9 heteroatoms. The first-order valence-electron chi connectivity index (χ1n) is 8.22. The van der Waals surface area contributed by atoms with Gasteiger partial charge >= 0.3 is 5.97 Å². The minimum absolute atomic E-state index is 0.0520. The van der Waals surface area contributed by atoms with Crippen molar-refractivity contribution in [3.63, 3.8) is 0 Å². The van der Waals surface area contributed by atoms with Crippen LogP contribution in [0.15, 0.2) is 28.8 Å². The molecule has 1 aromatic heterocycles. The molecule has 0 aliphatic heterocycles. The maximum absolute atomic E-state index is 12.3. The molecule has 0 saturated carbocycles. The molecule has 0 aliphatic rings. The number of carbonyl (C=O) groups is 2. The van der Waals surface area contributed by atoms with Crippen molar-refractivity contribution >= 4 is 27.5 Å². The monoisotopic (exact) mass is 394 g/mol. The van der Waals surface area contributed by atoms with Gasteiger partial charge < -0.3 is 9.26 Å². The number of sulfonamides is 1. The van der Waals surface area contributed by atoms with Crippen LogP contribution in [0.3, 0.4) is 0 Å². The van der Waals surface area contributed by atoms with Gasteiger partial charge in [0.15, 0.2) is 18.2 Å². The molecular weight excluding hydrogens is 372 g/mol. The Hall–Kier alpha value is -2.68. The summed E-state index contributed by atoms with van der Waals surface area (Å²) in [5, 5.41) is 3.78. The zero-order chi connectivity index (χ0) is 20.4. The molecule has 0 radical (unpaired) electrons. The van der Waals surface area contributed by atoms with Crippen LogP contribution in [0.5, 0.6) is 0 Å². The van der Waals surface area contributed by atoms with Gasteiger partial charge in [-0.1, -0.05) is 19.0 Å². The minimum Gasteiger partial charge on any atom is -0.454 e. The molecule has 0 bridgehead atoms. The normalized spacial score (nSPS) is 11.5. The second kappa shape index (κ2) is 7.91.